The Morgan fingerprint density at radius 1 is 0.386 bits per heavy atom. The monoisotopic (exact) mass is 731 g/mol. The third-order valence-electron chi connectivity index (χ3n) is 11.6. The summed E-state index contributed by atoms with van der Waals surface area (Å²) < 4.78 is 0. The molecule has 0 fully saturated rings. The highest BCUT2D eigenvalue weighted by Crippen LogP contribution is 2.49. The summed E-state index contributed by atoms with van der Waals surface area (Å²) in [6.45, 7) is 4.63. The molecule has 0 spiro atoms. The molecule has 0 aliphatic heterocycles. The van der Waals surface area contributed by atoms with E-state index in [9.17, 15) is 0 Å². The number of benzene rings is 7. The fourth-order valence-electron chi connectivity index (χ4n) is 8.54. The van der Waals surface area contributed by atoms with Gasteiger partial charge in [0.2, 0.25) is 0 Å². The van der Waals surface area contributed by atoms with Crippen molar-refractivity contribution in [1.82, 2.24) is 15.0 Å². The quantitative estimate of drug-likeness (QED) is 0.164. The van der Waals surface area contributed by atoms with Gasteiger partial charge in [0.05, 0.1) is 0 Å². The zero-order valence-corrected chi connectivity index (χ0v) is 32.2. The molecule has 2 aliphatic rings. The van der Waals surface area contributed by atoms with Gasteiger partial charge < -0.3 is 0 Å². The maximum atomic E-state index is 5.37. The largest absolute Gasteiger partial charge is 0.208 e. The molecule has 0 saturated carbocycles. The summed E-state index contributed by atoms with van der Waals surface area (Å²) in [4.78, 5) is 16.1. The highest BCUT2D eigenvalue weighted by atomic mass is 15.0. The van der Waals surface area contributed by atoms with Crippen LogP contribution in [0.5, 0.6) is 0 Å². The number of aromatic nitrogens is 3. The van der Waals surface area contributed by atoms with Gasteiger partial charge in [0, 0.05) is 22.1 Å². The molecule has 10 rings (SSSR count). The zero-order valence-electron chi connectivity index (χ0n) is 32.2. The lowest BCUT2D eigenvalue weighted by molar-refractivity contribution is 0.660. The molecular weight excluding hydrogens is 691 g/mol. The van der Waals surface area contributed by atoms with E-state index < -0.39 is 0 Å². The Morgan fingerprint density at radius 3 is 1.39 bits per heavy atom. The summed E-state index contributed by atoms with van der Waals surface area (Å²) in [5.41, 5.74) is 17.2. The molecule has 8 aromatic rings. The number of hydrogen-bond donors (Lipinski definition) is 0. The van der Waals surface area contributed by atoms with Crippen molar-refractivity contribution in [2.45, 2.75) is 32.1 Å². The minimum atomic E-state index is -0.156. The molecule has 0 saturated heterocycles. The van der Waals surface area contributed by atoms with E-state index in [0.29, 0.717) is 17.5 Å². The van der Waals surface area contributed by atoms with Crippen LogP contribution in [0.1, 0.15) is 43.4 Å². The molecule has 0 radical (unpaired) electrons. The molecule has 0 amide bonds. The smallest absolute Gasteiger partial charge is 0.164 e. The van der Waals surface area contributed by atoms with Crippen LogP contribution in [-0.4, -0.2) is 15.0 Å². The lowest BCUT2D eigenvalue weighted by Gasteiger charge is -2.22. The Labute approximate surface area is 334 Å². The molecule has 57 heavy (non-hydrogen) atoms. The predicted octanol–water partition coefficient (Wildman–Crippen LogP) is 13.9. The lowest BCUT2D eigenvalue weighted by Crippen LogP contribution is -2.15. The topological polar surface area (TPSA) is 38.7 Å². The molecule has 3 heteroatoms. The van der Waals surface area contributed by atoms with Crippen molar-refractivity contribution in [2.75, 3.05) is 0 Å². The SMILES string of the molecule is CC1(C)c2ccccc2-c2ccc(-c3nc(-c4cc(C5=CC=CCC5)cc(-c5ccccc5)c4)nc(-c4cc(-c5ccccc5)cc(-c5ccccc5)c4)n3)cc21. The van der Waals surface area contributed by atoms with Crippen molar-refractivity contribution >= 4 is 5.57 Å². The van der Waals surface area contributed by atoms with E-state index in [1.54, 1.807) is 0 Å². The summed E-state index contributed by atoms with van der Waals surface area (Å²) in [6.07, 6.45) is 8.66. The number of hydrogen-bond acceptors (Lipinski definition) is 3. The Bertz CT molecular complexity index is 2790. The van der Waals surface area contributed by atoms with Gasteiger partial charge in [-0.05, 0) is 122 Å². The van der Waals surface area contributed by atoms with Crippen molar-refractivity contribution in [3.05, 3.63) is 205 Å². The lowest BCUT2D eigenvalue weighted by atomic mass is 9.82. The van der Waals surface area contributed by atoms with Crippen molar-refractivity contribution < 1.29 is 0 Å². The first-order valence-electron chi connectivity index (χ1n) is 19.8. The van der Waals surface area contributed by atoms with Crippen LogP contribution < -0.4 is 0 Å². The van der Waals surface area contributed by atoms with E-state index >= 15 is 0 Å². The highest BCUT2D eigenvalue weighted by molar-refractivity contribution is 5.85. The Balaban J connectivity index is 1.21. The second-order valence-corrected chi connectivity index (χ2v) is 15.6. The van der Waals surface area contributed by atoms with E-state index in [4.69, 9.17) is 15.0 Å². The summed E-state index contributed by atoms with van der Waals surface area (Å²) in [5, 5.41) is 0. The summed E-state index contributed by atoms with van der Waals surface area (Å²) in [6, 6.07) is 60.7. The van der Waals surface area contributed by atoms with Crippen molar-refractivity contribution in [1.29, 1.82) is 0 Å². The fraction of sp³-hybridized carbons (Fsp3) is 0.0926. The van der Waals surface area contributed by atoms with Gasteiger partial charge >= 0.3 is 0 Å². The van der Waals surface area contributed by atoms with Gasteiger partial charge in [-0.15, -0.1) is 0 Å². The number of fused-ring (bicyclic) bond motifs is 3. The van der Waals surface area contributed by atoms with Crippen LogP contribution >= 0.6 is 0 Å². The molecular formula is C54H41N3. The summed E-state index contributed by atoms with van der Waals surface area (Å²) >= 11 is 0. The molecule has 272 valence electrons. The first kappa shape index (κ1) is 34.5. The van der Waals surface area contributed by atoms with Gasteiger partial charge in [0.1, 0.15) is 0 Å². The Hall–Kier alpha value is -6.97. The molecule has 0 bridgehead atoms. The van der Waals surface area contributed by atoms with Crippen LogP contribution in [0.4, 0.5) is 0 Å². The molecule has 7 aromatic carbocycles. The van der Waals surface area contributed by atoms with Crippen LogP contribution in [0, 0.1) is 0 Å². The molecule has 1 heterocycles. The Kier molecular flexibility index (Phi) is 8.64. The molecule has 2 aliphatic carbocycles. The van der Waals surface area contributed by atoms with E-state index in [-0.39, 0.29) is 5.41 Å². The second kappa shape index (κ2) is 14.3. The van der Waals surface area contributed by atoms with E-state index in [1.165, 1.54) is 33.4 Å². The maximum Gasteiger partial charge on any atom is 0.164 e. The third kappa shape index (κ3) is 6.51. The number of rotatable bonds is 7. The van der Waals surface area contributed by atoms with Gasteiger partial charge in [0.25, 0.3) is 0 Å². The van der Waals surface area contributed by atoms with Gasteiger partial charge in [0.15, 0.2) is 17.5 Å². The molecule has 0 N–H and O–H groups in total. The highest BCUT2D eigenvalue weighted by Gasteiger charge is 2.35. The van der Waals surface area contributed by atoms with E-state index in [0.717, 1.165) is 62.9 Å². The van der Waals surface area contributed by atoms with Crippen molar-refractivity contribution in [3.8, 4) is 78.7 Å². The normalized spacial score (nSPS) is 13.8. The van der Waals surface area contributed by atoms with E-state index in [2.05, 4.69) is 202 Å². The fourth-order valence-corrected chi connectivity index (χ4v) is 8.54. The van der Waals surface area contributed by atoms with Crippen molar-refractivity contribution in [3.63, 3.8) is 0 Å². The summed E-state index contributed by atoms with van der Waals surface area (Å²) in [5.74, 6) is 1.94. The first-order chi connectivity index (χ1) is 28.0. The van der Waals surface area contributed by atoms with Gasteiger partial charge in [-0.25, -0.2) is 15.0 Å². The maximum absolute atomic E-state index is 5.37. The van der Waals surface area contributed by atoms with Gasteiger partial charge in [-0.1, -0.05) is 159 Å². The van der Waals surface area contributed by atoms with Gasteiger partial charge in [-0.3, -0.25) is 0 Å². The zero-order chi connectivity index (χ0) is 38.3. The average Bonchev–Trinajstić information content (AvgIpc) is 3.52. The number of nitrogens with zero attached hydrogens (tertiary/aromatic N) is 3. The summed E-state index contributed by atoms with van der Waals surface area (Å²) in [7, 11) is 0. The van der Waals surface area contributed by atoms with Gasteiger partial charge in [-0.2, -0.15) is 0 Å². The molecule has 0 atom stereocenters. The average molecular weight is 732 g/mol. The van der Waals surface area contributed by atoms with Crippen LogP contribution in [0.3, 0.4) is 0 Å². The van der Waals surface area contributed by atoms with Crippen LogP contribution in [0.25, 0.3) is 84.2 Å². The first-order valence-corrected chi connectivity index (χ1v) is 19.8. The minimum Gasteiger partial charge on any atom is -0.208 e. The minimum absolute atomic E-state index is 0.156. The molecule has 0 unspecified atom stereocenters. The van der Waals surface area contributed by atoms with Crippen molar-refractivity contribution in [2.24, 2.45) is 0 Å². The van der Waals surface area contributed by atoms with Crippen LogP contribution in [-0.2, 0) is 5.41 Å². The van der Waals surface area contributed by atoms with E-state index in [1.807, 2.05) is 0 Å². The third-order valence-corrected chi connectivity index (χ3v) is 11.6. The van der Waals surface area contributed by atoms with Crippen LogP contribution in [0.2, 0.25) is 0 Å². The number of allylic oxidation sites excluding steroid dienone is 4. The molecule has 1 aromatic heterocycles. The second-order valence-electron chi connectivity index (χ2n) is 15.6. The predicted molar refractivity (Wildman–Crippen MR) is 236 cm³/mol. The standard InChI is InChI=1S/C54H41N3/c1-54(2)49-26-16-15-25-47(49)48-28-27-40(35-50(48)54)51-55-52(45-31-41(36-17-7-3-8-18-36)29-42(32-45)37-19-9-4-10-20-37)57-53(56-51)46-33-43(38-21-11-5-12-22-38)30-44(34-46)39-23-13-6-14-24-39/h3-13,15-23,25-35H,14,24H2,1-2H3. The Morgan fingerprint density at radius 2 is 0.842 bits per heavy atom. The van der Waals surface area contributed by atoms with Crippen LogP contribution in [0.15, 0.2) is 188 Å². The molecule has 3 nitrogen and oxygen atoms in total.